The molecule has 0 bridgehead atoms. The van der Waals surface area contributed by atoms with Crippen LogP contribution >= 0.6 is 0 Å². The second kappa shape index (κ2) is 4.59. The number of nitrogen functional groups attached to an aromatic ring is 1. The molecule has 1 amide bonds. The molecule has 1 aromatic heterocycles. The monoisotopic (exact) mass is 209 g/mol. The molecule has 4 N–H and O–H groups in total. The molecule has 1 unspecified atom stereocenters. The van der Waals surface area contributed by atoms with Crippen LogP contribution < -0.4 is 16.4 Å². The fourth-order valence-electron chi connectivity index (χ4n) is 1.17. The van der Waals surface area contributed by atoms with Gasteiger partial charge in [0.15, 0.2) is 0 Å². The van der Waals surface area contributed by atoms with Crippen molar-refractivity contribution in [2.45, 2.75) is 19.9 Å². The van der Waals surface area contributed by atoms with Gasteiger partial charge in [0.1, 0.15) is 23.5 Å². The van der Waals surface area contributed by atoms with Gasteiger partial charge >= 0.3 is 0 Å². The van der Waals surface area contributed by atoms with Crippen LogP contribution in [0.2, 0.25) is 0 Å². The van der Waals surface area contributed by atoms with E-state index >= 15 is 0 Å². The molecule has 0 aliphatic carbocycles. The maximum Gasteiger partial charge on any atom is 0.241 e. The van der Waals surface area contributed by atoms with Gasteiger partial charge in [-0.05, 0) is 13.8 Å². The van der Waals surface area contributed by atoms with Crippen LogP contribution in [-0.2, 0) is 4.79 Å². The van der Waals surface area contributed by atoms with E-state index in [0.717, 1.165) is 0 Å². The molecule has 0 fully saturated rings. The smallest absolute Gasteiger partial charge is 0.241 e. The topological polar surface area (TPSA) is 92.9 Å². The highest BCUT2D eigenvalue weighted by Gasteiger charge is 2.11. The average Bonchev–Trinajstić information content (AvgIpc) is 2.14. The lowest BCUT2D eigenvalue weighted by Crippen LogP contribution is -2.35. The molecule has 6 nitrogen and oxygen atoms in total. The van der Waals surface area contributed by atoms with Crippen molar-refractivity contribution in [2.24, 2.45) is 0 Å². The molecule has 0 spiro atoms. The summed E-state index contributed by atoms with van der Waals surface area (Å²) in [6.07, 6.45) is 0. The summed E-state index contributed by atoms with van der Waals surface area (Å²) < 4.78 is 0. The van der Waals surface area contributed by atoms with E-state index in [-0.39, 0.29) is 11.9 Å². The van der Waals surface area contributed by atoms with Gasteiger partial charge < -0.3 is 16.4 Å². The Morgan fingerprint density at radius 1 is 1.53 bits per heavy atom. The maximum absolute atomic E-state index is 11.2. The van der Waals surface area contributed by atoms with Crippen molar-refractivity contribution in [2.75, 3.05) is 18.1 Å². The van der Waals surface area contributed by atoms with E-state index in [0.29, 0.717) is 17.5 Å². The van der Waals surface area contributed by atoms with Crippen molar-refractivity contribution >= 4 is 17.5 Å². The van der Waals surface area contributed by atoms with E-state index in [4.69, 9.17) is 5.73 Å². The number of aryl methyl sites for hydroxylation is 1. The Morgan fingerprint density at radius 3 is 2.73 bits per heavy atom. The lowest BCUT2D eigenvalue weighted by Gasteiger charge is -2.13. The third-order valence-corrected chi connectivity index (χ3v) is 1.86. The average molecular weight is 209 g/mol. The van der Waals surface area contributed by atoms with E-state index < -0.39 is 0 Å². The van der Waals surface area contributed by atoms with Crippen LogP contribution in [0.15, 0.2) is 6.07 Å². The summed E-state index contributed by atoms with van der Waals surface area (Å²) in [6.45, 7) is 3.48. The summed E-state index contributed by atoms with van der Waals surface area (Å²) in [5.74, 6) is 1.40. The normalized spacial score (nSPS) is 11.9. The first-order chi connectivity index (χ1) is 7.02. The second-order valence-electron chi connectivity index (χ2n) is 3.21. The fraction of sp³-hybridized carbons (Fsp3) is 0.444. The van der Waals surface area contributed by atoms with E-state index in [2.05, 4.69) is 20.6 Å². The van der Waals surface area contributed by atoms with Crippen molar-refractivity contribution < 1.29 is 4.79 Å². The van der Waals surface area contributed by atoms with Crippen LogP contribution in [-0.4, -0.2) is 29.0 Å². The van der Waals surface area contributed by atoms with Gasteiger partial charge in [-0.3, -0.25) is 4.79 Å². The summed E-state index contributed by atoms with van der Waals surface area (Å²) in [6, 6.07) is 1.23. The summed E-state index contributed by atoms with van der Waals surface area (Å²) in [5, 5.41) is 5.47. The summed E-state index contributed by atoms with van der Waals surface area (Å²) in [5.41, 5.74) is 5.55. The molecule has 1 rings (SSSR count). The number of nitrogens with two attached hydrogens (primary N) is 1. The number of aromatic nitrogens is 2. The van der Waals surface area contributed by atoms with Gasteiger partial charge in [-0.2, -0.15) is 0 Å². The molecule has 0 saturated carbocycles. The van der Waals surface area contributed by atoms with Gasteiger partial charge in [-0.25, -0.2) is 9.97 Å². The second-order valence-corrected chi connectivity index (χ2v) is 3.21. The van der Waals surface area contributed by atoms with Gasteiger partial charge in [0, 0.05) is 13.1 Å². The minimum absolute atomic E-state index is 0.107. The van der Waals surface area contributed by atoms with Crippen molar-refractivity contribution in [1.82, 2.24) is 15.3 Å². The van der Waals surface area contributed by atoms with Crippen LogP contribution in [0.5, 0.6) is 0 Å². The molecule has 0 aromatic carbocycles. The first-order valence-electron chi connectivity index (χ1n) is 4.62. The van der Waals surface area contributed by atoms with Gasteiger partial charge in [-0.15, -0.1) is 0 Å². The highest BCUT2D eigenvalue weighted by atomic mass is 16.2. The molecule has 15 heavy (non-hydrogen) atoms. The number of hydrogen-bond acceptors (Lipinski definition) is 5. The lowest BCUT2D eigenvalue weighted by atomic mass is 10.3. The highest BCUT2D eigenvalue weighted by molar-refractivity contribution is 5.83. The zero-order valence-corrected chi connectivity index (χ0v) is 9.03. The standard InChI is InChI=1S/C9H15N5O/c1-5(9(15)11-3)12-8-4-7(10)13-6(2)14-8/h4-5H,1-3H3,(H,11,15)(H3,10,12,13,14). The predicted molar refractivity (Wildman–Crippen MR) is 58.3 cm³/mol. The van der Waals surface area contributed by atoms with Crippen molar-refractivity contribution in [3.05, 3.63) is 11.9 Å². The number of hydrogen-bond donors (Lipinski definition) is 3. The number of amides is 1. The fourth-order valence-corrected chi connectivity index (χ4v) is 1.17. The SMILES string of the molecule is CNC(=O)C(C)Nc1cc(N)nc(C)n1. The first-order valence-corrected chi connectivity index (χ1v) is 4.62. The minimum Gasteiger partial charge on any atom is -0.384 e. The quantitative estimate of drug-likeness (QED) is 0.647. The molecule has 0 aliphatic rings. The zero-order valence-electron chi connectivity index (χ0n) is 9.03. The Bertz CT molecular complexity index is 345. The van der Waals surface area contributed by atoms with Crippen molar-refractivity contribution in [1.29, 1.82) is 0 Å². The van der Waals surface area contributed by atoms with Crippen LogP contribution in [0.4, 0.5) is 11.6 Å². The third kappa shape index (κ3) is 3.08. The van der Waals surface area contributed by atoms with Crippen molar-refractivity contribution in [3.63, 3.8) is 0 Å². The van der Waals surface area contributed by atoms with E-state index in [1.807, 2.05) is 0 Å². The summed E-state index contributed by atoms with van der Waals surface area (Å²) >= 11 is 0. The van der Waals surface area contributed by atoms with Crippen LogP contribution in [0.25, 0.3) is 0 Å². The van der Waals surface area contributed by atoms with Crippen LogP contribution in [0.3, 0.4) is 0 Å². The van der Waals surface area contributed by atoms with Crippen LogP contribution in [0, 0.1) is 6.92 Å². The molecule has 1 atom stereocenters. The lowest BCUT2D eigenvalue weighted by molar-refractivity contribution is -0.121. The van der Waals surface area contributed by atoms with E-state index in [1.54, 1.807) is 27.0 Å². The Kier molecular flexibility index (Phi) is 3.43. The largest absolute Gasteiger partial charge is 0.384 e. The highest BCUT2D eigenvalue weighted by Crippen LogP contribution is 2.08. The molecule has 6 heteroatoms. The molecular weight excluding hydrogens is 194 g/mol. The Morgan fingerprint density at radius 2 is 2.20 bits per heavy atom. The molecule has 0 saturated heterocycles. The number of carbonyl (C=O) groups is 1. The van der Waals surface area contributed by atoms with Crippen LogP contribution in [0.1, 0.15) is 12.7 Å². The molecule has 0 aliphatic heterocycles. The minimum atomic E-state index is -0.358. The van der Waals surface area contributed by atoms with Gasteiger partial charge in [-0.1, -0.05) is 0 Å². The first kappa shape index (κ1) is 11.2. The predicted octanol–water partition coefficient (Wildman–Crippen LogP) is -0.0864. The number of likely N-dealkylation sites (N-methyl/N-ethyl adjacent to an activating group) is 1. The number of carbonyl (C=O) groups excluding carboxylic acids is 1. The molecule has 1 heterocycles. The van der Waals surface area contributed by atoms with E-state index in [9.17, 15) is 4.79 Å². The number of nitrogens with one attached hydrogen (secondary N) is 2. The Balaban J connectivity index is 2.76. The summed E-state index contributed by atoms with van der Waals surface area (Å²) in [4.78, 5) is 19.3. The zero-order chi connectivity index (χ0) is 11.4. The summed E-state index contributed by atoms with van der Waals surface area (Å²) in [7, 11) is 1.58. The number of anilines is 2. The molecular formula is C9H15N5O. The maximum atomic E-state index is 11.2. The number of nitrogens with zero attached hydrogens (tertiary/aromatic N) is 2. The molecule has 0 radical (unpaired) electrons. The molecule has 82 valence electrons. The van der Waals surface area contributed by atoms with E-state index in [1.165, 1.54) is 0 Å². The van der Waals surface area contributed by atoms with Gasteiger partial charge in [0.05, 0.1) is 0 Å². The Hall–Kier alpha value is -1.85. The third-order valence-electron chi connectivity index (χ3n) is 1.86. The Labute approximate surface area is 88.3 Å². The number of rotatable bonds is 3. The van der Waals surface area contributed by atoms with Crippen molar-refractivity contribution in [3.8, 4) is 0 Å². The van der Waals surface area contributed by atoms with Gasteiger partial charge in [0.2, 0.25) is 5.91 Å². The molecule has 1 aromatic rings. The van der Waals surface area contributed by atoms with Gasteiger partial charge in [0.25, 0.3) is 0 Å².